The molecule has 7 heteroatoms. The van der Waals surface area contributed by atoms with Crippen LogP contribution in [0.3, 0.4) is 0 Å². The van der Waals surface area contributed by atoms with Gasteiger partial charge in [0.25, 0.3) is 0 Å². The number of tetrazole rings is 1. The van der Waals surface area contributed by atoms with Crippen molar-refractivity contribution in [2.45, 2.75) is 19.8 Å². The Morgan fingerprint density at radius 3 is 2.69 bits per heavy atom. The van der Waals surface area contributed by atoms with Crippen LogP contribution in [0, 0.1) is 0 Å². The van der Waals surface area contributed by atoms with Crippen LogP contribution in [0.25, 0.3) is 0 Å². The van der Waals surface area contributed by atoms with E-state index in [0.717, 1.165) is 0 Å². The molecule has 1 aromatic heterocycles. The van der Waals surface area contributed by atoms with Gasteiger partial charge in [-0.15, -0.1) is 10.2 Å². The normalized spacial score (nSPS) is 11.8. The van der Waals surface area contributed by atoms with Crippen molar-refractivity contribution < 1.29 is 8.42 Å². The van der Waals surface area contributed by atoms with Gasteiger partial charge in [0.1, 0.15) is 0 Å². The van der Waals surface area contributed by atoms with Gasteiger partial charge in [-0.05, 0) is 6.42 Å². The van der Waals surface area contributed by atoms with Crippen molar-refractivity contribution in [2.75, 3.05) is 11.5 Å². The molecule has 0 amide bonds. The fourth-order valence-electron chi connectivity index (χ4n) is 0.948. The second kappa shape index (κ2) is 4.31. The highest BCUT2D eigenvalue weighted by Crippen LogP contribution is 1.97. The number of aromatic amines is 1. The Morgan fingerprint density at radius 2 is 2.15 bits per heavy atom. The molecule has 0 unspecified atom stereocenters. The largest absolute Gasteiger partial charge is 0.229 e. The highest BCUT2D eigenvalue weighted by Gasteiger charge is 2.10. The van der Waals surface area contributed by atoms with Gasteiger partial charge in [-0.25, -0.2) is 8.42 Å². The lowest BCUT2D eigenvalue weighted by molar-refractivity contribution is 0.593. The molecule has 0 fully saturated rings. The smallest absolute Gasteiger partial charge is 0.175 e. The van der Waals surface area contributed by atoms with Gasteiger partial charge in [0, 0.05) is 12.2 Å². The quantitative estimate of drug-likeness (QED) is 0.702. The Labute approximate surface area is 76.7 Å². The van der Waals surface area contributed by atoms with Crippen LogP contribution in [0.15, 0.2) is 0 Å². The molecule has 74 valence electrons. The molecule has 0 spiro atoms. The Kier molecular flexibility index (Phi) is 3.35. The zero-order valence-electron chi connectivity index (χ0n) is 7.39. The molecule has 6 nitrogen and oxygen atoms in total. The zero-order valence-corrected chi connectivity index (χ0v) is 8.21. The molecule has 0 saturated heterocycles. The Bertz CT molecular complexity index is 332. The van der Waals surface area contributed by atoms with E-state index in [0.29, 0.717) is 18.7 Å². The SMILES string of the molecule is CCCS(=O)(=O)CCc1nn[nH]n1. The minimum absolute atomic E-state index is 0.0976. The summed E-state index contributed by atoms with van der Waals surface area (Å²) in [5.74, 6) is 0.769. The van der Waals surface area contributed by atoms with Crippen LogP contribution >= 0.6 is 0 Å². The molecule has 1 aromatic rings. The molecule has 0 aliphatic rings. The van der Waals surface area contributed by atoms with E-state index in [4.69, 9.17) is 0 Å². The van der Waals surface area contributed by atoms with Gasteiger partial charge < -0.3 is 0 Å². The number of hydrogen-bond donors (Lipinski definition) is 1. The molecular formula is C6H12N4O2S. The van der Waals surface area contributed by atoms with Crippen molar-refractivity contribution in [1.29, 1.82) is 0 Å². The maximum atomic E-state index is 11.2. The topological polar surface area (TPSA) is 88.6 Å². The predicted molar refractivity (Wildman–Crippen MR) is 46.8 cm³/mol. The van der Waals surface area contributed by atoms with E-state index in [2.05, 4.69) is 20.6 Å². The van der Waals surface area contributed by atoms with Gasteiger partial charge in [-0.3, -0.25) is 0 Å². The molecule has 1 rings (SSSR count). The number of aromatic nitrogens is 4. The van der Waals surface area contributed by atoms with E-state index in [-0.39, 0.29) is 11.5 Å². The number of nitrogens with zero attached hydrogens (tertiary/aromatic N) is 3. The van der Waals surface area contributed by atoms with Gasteiger partial charge in [0.2, 0.25) is 0 Å². The minimum Gasteiger partial charge on any atom is -0.229 e. The predicted octanol–water partition coefficient (Wildman–Crippen LogP) is -0.433. The van der Waals surface area contributed by atoms with Crippen molar-refractivity contribution in [3.05, 3.63) is 5.82 Å². The second-order valence-corrected chi connectivity index (χ2v) is 5.03. The number of hydrogen-bond acceptors (Lipinski definition) is 5. The number of rotatable bonds is 5. The summed E-state index contributed by atoms with van der Waals surface area (Å²) in [6.07, 6.45) is 0.980. The molecule has 0 atom stereocenters. The lowest BCUT2D eigenvalue weighted by Gasteiger charge is -1.98. The van der Waals surface area contributed by atoms with Gasteiger partial charge in [0.05, 0.1) is 5.75 Å². The monoisotopic (exact) mass is 204 g/mol. The molecule has 0 aromatic carbocycles. The fraction of sp³-hybridized carbons (Fsp3) is 0.833. The van der Waals surface area contributed by atoms with E-state index in [1.807, 2.05) is 6.92 Å². The lowest BCUT2D eigenvalue weighted by Crippen LogP contribution is -2.13. The van der Waals surface area contributed by atoms with Crippen LogP contribution in [-0.2, 0) is 16.3 Å². The van der Waals surface area contributed by atoms with E-state index in [9.17, 15) is 8.42 Å². The summed E-state index contributed by atoms with van der Waals surface area (Å²) in [6.45, 7) is 1.84. The van der Waals surface area contributed by atoms with Crippen molar-refractivity contribution in [3.8, 4) is 0 Å². The maximum absolute atomic E-state index is 11.2. The average molecular weight is 204 g/mol. The van der Waals surface area contributed by atoms with Crippen molar-refractivity contribution in [1.82, 2.24) is 20.6 Å². The zero-order chi connectivity index (χ0) is 9.73. The molecule has 0 saturated carbocycles. The van der Waals surface area contributed by atoms with Crippen LogP contribution in [0.1, 0.15) is 19.2 Å². The maximum Gasteiger partial charge on any atom is 0.175 e. The first-order valence-corrected chi connectivity index (χ1v) is 5.89. The summed E-state index contributed by atoms with van der Waals surface area (Å²) in [5.41, 5.74) is 0. The molecule has 0 radical (unpaired) electrons. The highest BCUT2D eigenvalue weighted by molar-refractivity contribution is 7.91. The molecule has 0 aliphatic heterocycles. The Morgan fingerprint density at radius 1 is 1.38 bits per heavy atom. The standard InChI is InChI=1S/C6H12N4O2S/c1-2-4-13(11,12)5-3-6-7-9-10-8-6/h2-5H2,1H3,(H,7,8,9,10). The molecule has 0 aliphatic carbocycles. The number of aryl methyl sites for hydroxylation is 1. The van der Waals surface area contributed by atoms with Crippen LogP contribution < -0.4 is 0 Å². The van der Waals surface area contributed by atoms with E-state index < -0.39 is 9.84 Å². The lowest BCUT2D eigenvalue weighted by atomic mass is 10.5. The van der Waals surface area contributed by atoms with Crippen LogP contribution in [0.5, 0.6) is 0 Å². The molecule has 0 bridgehead atoms. The summed E-state index contributed by atoms with van der Waals surface area (Å²) in [5, 5.41) is 12.9. The van der Waals surface area contributed by atoms with Crippen molar-refractivity contribution >= 4 is 9.84 Å². The van der Waals surface area contributed by atoms with Gasteiger partial charge in [-0.1, -0.05) is 12.1 Å². The summed E-state index contributed by atoms with van der Waals surface area (Å²) >= 11 is 0. The first-order chi connectivity index (χ1) is 6.14. The Balaban J connectivity index is 2.43. The summed E-state index contributed by atoms with van der Waals surface area (Å²) < 4.78 is 22.5. The van der Waals surface area contributed by atoms with Crippen molar-refractivity contribution in [3.63, 3.8) is 0 Å². The number of sulfone groups is 1. The fourth-order valence-corrected chi connectivity index (χ4v) is 2.27. The Hall–Kier alpha value is -0.980. The van der Waals surface area contributed by atoms with Gasteiger partial charge >= 0.3 is 0 Å². The van der Waals surface area contributed by atoms with Gasteiger partial charge in [-0.2, -0.15) is 5.21 Å². The van der Waals surface area contributed by atoms with E-state index in [1.54, 1.807) is 0 Å². The summed E-state index contributed by atoms with van der Waals surface area (Å²) in [4.78, 5) is 0. The van der Waals surface area contributed by atoms with Crippen LogP contribution in [-0.4, -0.2) is 40.5 Å². The third-order valence-corrected chi connectivity index (χ3v) is 3.40. The molecule has 1 N–H and O–H groups in total. The van der Waals surface area contributed by atoms with E-state index >= 15 is 0 Å². The van der Waals surface area contributed by atoms with Crippen LogP contribution in [0.2, 0.25) is 0 Å². The average Bonchev–Trinajstić information content (AvgIpc) is 2.52. The third kappa shape index (κ3) is 3.49. The minimum atomic E-state index is -2.93. The first kappa shape index (κ1) is 10.1. The van der Waals surface area contributed by atoms with E-state index in [1.165, 1.54) is 0 Å². The number of H-pyrrole nitrogens is 1. The van der Waals surface area contributed by atoms with Crippen LogP contribution in [0.4, 0.5) is 0 Å². The van der Waals surface area contributed by atoms with Gasteiger partial charge in [0.15, 0.2) is 15.7 Å². The van der Waals surface area contributed by atoms with Crippen molar-refractivity contribution in [2.24, 2.45) is 0 Å². The summed E-state index contributed by atoms with van der Waals surface area (Å²) in [6, 6.07) is 0. The molecular weight excluding hydrogens is 192 g/mol. The number of nitrogens with one attached hydrogen (secondary N) is 1. The molecule has 1 heterocycles. The molecule has 13 heavy (non-hydrogen) atoms. The highest BCUT2D eigenvalue weighted by atomic mass is 32.2. The third-order valence-electron chi connectivity index (χ3n) is 1.54. The second-order valence-electron chi connectivity index (χ2n) is 2.73. The first-order valence-electron chi connectivity index (χ1n) is 4.07. The summed E-state index contributed by atoms with van der Waals surface area (Å²) in [7, 11) is -2.93.